The molecule has 9 heavy (non-hydrogen) atoms. The average Bonchev–Trinajstić information content (AvgIpc) is 2.49. The van der Waals surface area contributed by atoms with Crippen LogP contribution in [0.25, 0.3) is 0 Å². The van der Waals surface area contributed by atoms with Crippen LogP contribution in [0.15, 0.2) is 0 Å². The molecule has 2 fully saturated rings. The predicted molar refractivity (Wildman–Crippen MR) is 32.9 cm³/mol. The minimum absolute atomic E-state index is 0.457. The average molecular weight is 128 g/mol. The van der Waals surface area contributed by atoms with E-state index in [2.05, 4.69) is 0 Å². The molecule has 1 saturated carbocycles. The Morgan fingerprint density at radius 3 is 2.56 bits per heavy atom. The summed E-state index contributed by atoms with van der Waals surface area (Å²) >= 11 is 0. The first-order valence-electron chi connectivity index (χ1n) is 3.61. The SMILES string of the molecule is OC1CC2(CCO1)CC2. The molecule has 0 bridgehead atoms. The maximum Gasteiger partial charge on any atom is 0.155 e. The fraction of sp³-hybridized carbons (Fsp3) is 1.00. The molecule has 1 aliphatic heterocycles. The van der Waals surface area contributed by atoms with Crippen LogP contribution in [0.4, 0.5) is 0 Å². The summed E-state index contributed by atoms with van der Waals surface area (Å²) in [6.45, 7) is 0.765. The van der Waals surface area contributed by atoms with Gasteiger partial charge >= 0.3 is 0 Å². The second-order valence-electron chi connectivity index (χ2n) is 3.28. The third-order valence-corrected chi connectivity index (χ3v) is 2.51. The molecule has 0 amide bonds. The minimum Gasteiger partial charge on any atom is -0.368 e. The third kappa shape index (κ3) is 0.970. The van der Waals surface area contributed by atoms with Gasteiger partial charge in [-0.15, -0.1) is 0 Å². The van der Waals surface area contributed by atoms with E-state index >= 15 is 0 Å². The van der Waals surface area contributed by atoms with Crippen LogP contribution in [0, 0.1) is 5.41 Å². The first-order chi connectivity index (χ1) is 4.31. The molecule has 1 spiro atoms. The smallest absolute Gasteiger partial charge is 0.155 e. The highest BCUT2D eigenvalue weighted by Crippen LogP contribution is 2.54. The van der Waals surface area contributed by atoms with Gasteiger partial charge in [0, 0.05) is 6.42 Å². The third-order valence-electron chi connectivity index (χ3n) is 2.51. The predicted octanol–water partition coefficient (Wildman–Crippen LogP) is 0.895. The van der Waals surface area contributed by atoms with Crippen LogP contribution < -0.4 is 0 Å². The molecular formula is C7H12O2. The lowest BCUT2D eigenvalue weighted by molar-refractivity contribution is -0.143. The van der Waals surface area contributed by atoms with Gasteiger partial charge in [0.25, 0.3) is 0 Å². The van der Waals surface area contributed by atoms with E-state index in [-0.39, 0.29) is 0 Å². The van der Waals surface area contributed by atoms with Gasteiger partial charge in [0.1, 0.15) is 0 Å². The van der Waals surface area contributed by atoms with Gasteiger partial charge in [-0.1, -0.05) is 0 Å². The molecule has 1 saturated heterocycles. The van der Waals surface area contributed by atoms with E-state index in [0.29, 0.717) is 5.41 Å². The summed E-state index contributed by atoms with van der Waals surface area (Å²) in [7, 11) is 0. The van der Waals surface area contributed by atoms with Crippen molar-refractivity contribution < 1.29 is 9.84 Å². The topological polar surface area (TPSA) is 29.5 Å². The zero-order valence-corrected chi connectivity index (χ0v) is 5.47. The summed E-state index contributed by atoms with van der Waals surface area (Å²) in [6.07, 6.45) is 4.22. The van der Waals surface area contributed by atoms with Gasteiger partial charge in [-0.25, -0.2) is 0 Å². The van der Waals surface area contributed by atoms with Gasteiger partial charge in [-0.3, -0.25) is 0 Å². The molecule has 0 radical (unpaired) electrons. The molecule has 2 rings (SSSR count). The van der Waals surface area contributed by atoms with Gasteiger partial charge in [0.2, 0.25) is 0 Å². The summed E-state index contributed by atoms with van der Waals surface area (Å²) in [6, 6.07) is 0. The number of hydrogen-bond acceptors (Lipinski definition) is 2. The summed E-state index contributed by atoms with van der Waals surface area (Å²) in [5.41, 5.74) is 0.525. The Balaban J connectivity index is 1.96. The molecule has 1 unspecified atom stereocenters. The first-order valence-corrected chi connectivity index (χ1v) is 3.61. The Morgan fingerprint density at radius 1 is 1.33 bits per heavy atom. The van der Waals surface area contributed by atoms with Gasteiger partial charge in [0.15, 0.2) is 6.29 Å². The van der Waals surface area contributed by atoms with Crippen LogP contribution in [-0.4, -0.2) is 18.0 Å². The zero-order chi connectivity index (χ0) is 6.32. The van der Waals surface area contributed by atoms with E-state index in [1.54, 1.807) is 0 Å². The van der Waals surface area contributed by atoms with Gasteiger partial charge < -0.3 is 9.84 Å². The van der Waals surface area contributed by atoms with E-state index in [1.165, 1.54) is 19.3 Å². The Hall–Kier alpha value is -0.0800. The Labute approximate surface area is 54.8 Å². The Morgan fingerprint density at radius 2 is 2.11 bits per heavy atom. The van der Waals surface area contributed by atoms with Gasteiger partial charge in [-0.05, 0) is 24.7 Å². The molecule has 0 aromatic carbocycles. The summed E-state index contributed by atoms with van der Waals surface area (Å²) in [5, 5.41) is 9.06. The van der Waals surface area contributed by atoms with Crippen molar-refractivity contribution in [1.29, 1.82) is 0 Å². The van der Waals surface area contributed by atoms with Crippen LogP contribution in [0.3, 0.4) is 0 Å². The lowest BCUT2D eigenvalue weighted by atomic mass is 9.96. The minimum atomic E-state index is -0.457. The van der Waals surface area contributed by atoms with E-state index in [1.807, 2.05) is 0 Å². The fourth-order valence-electron chi connectivity index (χ4n) is 1.57. The van der Waals surface area contributed by atoms with Crippen molar-refractivity contribution in [2.24, 2.45) is 5.41 Å². The molecular weight excluding hydrogens is 116 g/mol. The van der Waals surface area contributed by atoms with Crippen molar-refractivity contribution in [3.8, 4) is 0 Å². The number of hydrogen-bond donors (Lipinski definition) is 1. The number of ether oxygens (including phenoxy) is 1. The van der Waals surface area contributed by atoms with Crippen LogP contribution >= 0.6 is 0 Å². The van der Waals surface area contributed by atoms with Crippen LogP contribution in [0.1, 0.15) is 25.7 Å². The lowest BCUT2D eigenvalue weighted by Crippen LogP contribution is -2.25. The second kappa shape index (κ2) is 1.70. The maximum absolute atomic E-state index is 9.06. The van der Waals surface area contributed by atoms with Crippen LogP contribution in [-0.2, 0) is 4.74 Å². The molecule has 0 aromatic rings. The first kappa shape index (κ1) is 5.69. The highest BCUT2D eigenvalue weighted by Gasteiger charge is 2.45. The van der Waals surface area contributed by atoms with E-state index in [9.17, 15) is 0 Å². The second-order valence-corrected chi connectivity index (χ2v) is 3.28. The standard InChI is InChI=1S/C7H12O2/c8-6-5-7(1-2-7)3-4-9-6/h6,8H,1-5H2. The lowest BCUT2D eigenvalue weighted by Gasteiger charge is -2.25. The van der Waals surface area contributed by atoms with Crippen molar-refractivity contribution in [3.05, 3.63) is 0 Å². The number of aliphatic hydroxyl groups excluding tert-OH is 1. The van der Waals surface area contributed by atoms with Crippen molar-refractivity contribution >= 4 is 0 Å². The van der Waals surface area contributed by atoms with E-state index in [4.69, 9.17) is 9.84 Å². The molecule has 1 atom stereocenters. The molecule has 0 aromatic heterocycles. The normalized spacial score (nSPS) is 39.0. The molecule has 52 valence electrons. The van der Waals surface area contributed by atoms with Crippen molar-refractivity contribution in [3.63, 3.8) is 0 Å². The molecule has 1 N–H and O–H groups in total. The van der Waals surface area contributed by atoms with E-state index in [0.717, 1.165) is 13.0 Å². The molecule has 2 aliphatic rings. The van der Waals surface area contributed by atoms with Crippen molar-refractivity contribution in [2.75, 3.05) is 6.61 Å². The summed E-state index contributed by atoms with van der Waals surface area (Å²) in [4.78, 5) is 0. The Kier molecular flexibility index (Phi) is 1.08. The van der Waals surface area contributed by atoms with Gasteiger partial charge in [0.05, 0.1) is 6.61 Å². The number of rotatable bonds is 0. The van der Waals surface area contributed by atoms with Gasteiger partial charge in [-0.2, -0.15) is 0 Å². The fourth-order valence-corrected chi connectivity index (χ4v) is 1.57. The Bertz CT molecular complexity index is 118. The zero-order valence-electron chi connectivity index (χ0n) is 5.47. The maximum atomic E-state index is 9.06. The molecule has 1 aliphatic carbocycles. The molecule has 2 heteroatoms. The molecule has 2 nitrogen and oxygen atoms in total. The highest BCUT2D eigenvalue weighted by atomic mass is 16.6. The number of aliphatic hydroxyl groups is 1. The largest absolute Gasteiger partial charge is 0.368 e. The molecule has 1 heterocycles. The van der Waals surface area contributed by atoms with Crippen LogP contribution in [0.5, 0.6) is 0 Å². The van der Waals surface area contributed by atoms with E-state index < -0.39 is 6.29 Å². The van der Waals surface area contributed by atoms with Crippen molar-refractivity contribution in [2.45, 2.75) is 32.0 Å². The van der Waals surface area contributed by atoms with Crippen LogP contribution in [0.2, 0.25) is 0 Å². The highest BCUT2D eigenvalue weighted by molar-refractivity contribution is 4.94. The quantitative estimate of drug-likeness (QED) is 0.525. The monoisotopic (exact) mass is 128 g/mol. The summed E-state index contributed by atoms with van der Waals surface area (Å²) in [5.74, 6) is 0. The summed E-state index contributed by atoms with van der Waals surface area (Å²) < 4.78 is 5.01. The van der Waals surface area contributed by atoms with Crippen molar-refractivity contribution in [1.82, 2.24) is 0 Å².